The molecule has 0 saturated carbocycles. The lowest BCUT2D eigenvalue weighted by atomic mass is 9.91. The Labute approximate surface area is 97.8 Å². The summed E-state index contributed by atoms with van der Waals surface area (Å²) in [5.41, 5.74) is 0.810. The molecule has 1 saturated heterocycles. The normalized spacial score (nSPS) is 17.7. The van der Waals surface area contributed by atoms with Crippen LogP contribution in [0, 0.1) is 5.92 Å². The molecule has 0 spiro atoms. The fourth-order valence-corrected chi connectivity index (χ4v) is 2.07. The van der Waals surface area contributed by atoms with Crippen LogP contribution in [0.15, 0.2) is 28.7 Å². The first-order valence-electron chi connectivity index (χ1n) is 5.15. The number of hydrogen-bond acceptors (Lipinski definition) is 2. The van der Waals surface area contributed by atoms with Gasteiger partial charge >= 0.3 is 0 Å². The van der Waals surface area contributed by atoms with Crippen molar-refractivity contribution in [1.82, 2.24) is 0 Å². The van der Waals surface area contributed by atoms with Gasteiger partial charge in [0.2, 0.25) is 0 Å². The molecule has 2 rings (SSSR count). The second kappa shape index (κ2) is 4.90. The molecule has 1 fully saturated rings. The van der Waals surface area contributed by atoms with E-state index >= 15 is 0 Å². The van der Waals surface area contributed by atoms with Crippen LogP contribution in [0.4, 0.5) is 0 Å². The highest BCUT2D eigenvalue weighted by Gasteiger charge is 2.22. The van der Waals surface area contributed by atoms with Crippen molar-refractivity contribution in [2.24, 2.45) is 5.92 Å². The highest BCUT2D eigenvalue weighted by molar-refractivity contribution is 9.10. The van der Waals surface area contributed by atoms with Gasteiger partial charge in [-0.15, -0.1) is 0 Å². The van der Waals surface area contributed by atoms with Crippen molar-refractivity contribution in [2.45, 2.75) is 12.8 Å². The van der Waals surface area contributed by atoms with Gasteiger partial charge < -0.3 is 4.74 Å². The molecule has 0 aliphatic carbocycles. The molecule has 80 valence electrons. The van der Waals surface area contributed by atoms with Crippen LogP contribution in [0.3, 0.4) is 0 Å². The average molecular weight is 269 g/mol. The summed E-state index contributed by atoms with van der Waals surface area (Å²) >= 11 is 3.36. The van der Waals surface area contributed by atoms with Crippen LogP contribution in [0.25, 0.3) is 0 Å². The van der Waals surface area contributed by atoms with Crippen LogP contribution < -0.4 is 0 Å². The molecule has 1 aromatic carbocycles. The molecule has 0 aromatic heterocycles. The highest BCUT2D eigenvalue weighted by atomic mass is 79.9. The van der Waals surface area contributed by atoms with Gasteiger partial charge in [-0.1, -0.05) is 28.1 Å². The smallest absolute Gasteiger partial charge is 0.166 e. The Kier molecular flexibility index (Phi) is 3.54. The van der Waals surface area contributed by atoms with E-state index in [9.17, 15) is 4.79 Å². The molecule has 0 N–H and O–H groups in total. The Balaban J connectivity index is 2.09. The number of ketones is 1. The lowest BCUT2D eigenvalue weighted by Crippen LogP contribution is -2.23. The molecule has 0 radical (unpaired) electrons. The van der Waals surface area contributed by atoms with Crippen LogP contribution >= 0.6 is 15.9 Å². The summed E-state index contributed by atoms with van der Waals surface area (Å²) in [7, 11) is 0. The predicted octanol–water partition coefficient (Wildman–Crippen LogP) is 3.06. The zero-order valence-electron chi connectivity index (χ0n) is 8.41. The number of benzene rings is 1. The van der Waals surface area contributed by atoms with Gasteiger partial charge in [0.05, 0.1) is 0 Å². The molecular formula is C12H13BrO2. The molecule has 0 unspecified atom stereocenters. The van der Waals surface area contributed by atoms with Crippen molar-refractivity contribution in [3.8, 4) is 0 Å². The Morgan fingerprint density at radius 1 is 1.20 bits per heavy atom. The molecule has 0 amide bonds. The Morgan fingerprint density at radius 2 is 1.80 bits per heavy atom. The molecule has 1 heterocycles. The molecule has 1 aliphatic rings. The van der Waals surface area contributed by atoms with E-state index in [0.717, 1.165) is 22.9 Å². The maximum Gasteiger partial charge on any atom is 0.166 e. The number of hydrogen-bond donors (Lipinski definition) is 0. The van der Waals surface area contributed by atoms with E-state index in [2.05, 4.69) is 15.9 Å². The zero-order chi connectivity index (χ0) is 10.7. The second-order valence-electron chi connectivity index (χ2n) is 3.76. The lowest BCUT2D eigenvalue weighted by molar-refractivity contribution is 0.0545. The van der Waals surface area contributed by atoms with Crippen LogP contribution in [0.1, 0.15) is 23.2 Å². The standard InChI is InChI=1S/C12H13BrO2/c13-11-3-1-9(2-4-11)12(14)10-5-7-15-8-6-10/h1-4,10H,5-8H2. The first-order chi connectivity index (χ1) is 7.27. The number of halogens is 1. The van der Waals surface area contributed by atoms with Crippen LogP contribution in [-0.2, 0) is 4.74 Å². The van der Waals surface area contributed by atoms with Gasteiger partial charge in [-0.2, -0.15) is 0 Å². The molecule has 0 atom stereocenters. The lowest BCUT2D eigenvalue weighted by Gasteiger charge is -2.20. The third kappa shape index (κ3) is 2.67. The second-order valence-corrected chi connectivity index (χ2v) is 4.67. The number of ether oxygens (including phenoxy) is 1. The molecule has 15 heavy (non-hydrogen) atoms. The Bertz CT molecular complexity index is 339. The first-order valence-corrected chi connectivity index (χ1v) is 5.94. The van der Waals surface area contributed by atoms with Crippen molar-refractivity contribution >= 4 is 21.7 Å². The monoisotopic (exact) mass is 268 g/mol. The maximum absolute atomic E-state index is 12.0. The van der Waals surface area contributed by atoms with Crippen molar-refractivity contribution in [3.63, 3.8) is 0 Å². The van der Waals surface area contributed by atoms with Gasteiger partial charge in [0.25, 0.3) is 0 Å². The summed E-state index contributed by atoms with van der Waals surface area (Å²) in [6, 6.07) is 7.57. The molecule has 2 nitrogen and oxygen atoms in total. The van der Waals surface area contributed by atoms with Crippen molar-refractivity contribution in [1.29, 1.82) is 0 Å². The van der Waals surface area contributed by atoms with Crippen LogP contribution in [0.2, 0.25) is 0 Å². The number of Topliss-reactive ketones (excluding diaryl/α,β-unsaturated/α-hetero) is 1. The molecule has 0 bridgehead atoms. The minimum atomic E-state index is 0.153. The minimum Gasteiger partial charge on any atom is -0.381 e. The maximum atomic E-state index is 12.0. The molecule has 1 aromatic rings. The van der Waals surface area contributed by atoms with Gasteiger partial charge in [0, 0.05) is 29.2 Å². The Hall–Kier alpha value is -0.670. The minimum absolute atomic E-state index is 0.153. The largest absolute Gasteiger partial charge is 0.381 e. The van der Waals surface area contributed by atoms with Gasteiger partial charge in [-0.05, 0) is 25.0 Å². The zero-order valence-corrected chi connectivity index (χ0v) is 10.00. The van der Waals surface area contributed by atoms with Crippen LogP contribution in [0.5, 0.6) is 0 Å². The Morgan fingerprint density at radius 3 is 2.40 bits per heavy atom. The van der Waals surface area contributed by atoms with E-state index < -0.39 is 0 Å². The van der Waals surface area contributed by atoms with E-state index in [1.807, 2.05) is 24.3 Å². The summed E-state index contributed by atoms with van der Waals surface area (Å²) in [4.78, 5) is 12.0. The van der Waals surface area contributed by atoms with E-state index in [1.54, 1.807) is 0 Å². The summed E-state index contributed by atoms with van der Waals surface area (Å²) in [6.45, 7) is 1.43. The first kappa shape index (κ1) is 10.8. The number of carbonyl (C=O) groups is 1. The average Bonchev–Trinajstić information content (AvgIpc) is 2.30. The van der Waals surface area contributed by atoms with Crippen LogP contribution in [-0.4, -0.2) is 19.0 Å². The summed E-state index contributed by atoms with van der Waals surface area (Å²) in [5, 5.41) is 0. The topological polar surface area (TPSA) is 26.3 Å². The summed E-state index contributed by atoms with van der Waals surface area (Å²) in [6.07, 6.45) is 1.71. The predicted molar refractivity (Wildman–Crippen MR) is 62.0 cm³/mol. The summed E-state index contributed by atoms with van der Waals surface area (Å²) in [5.74, 6) is 0.408. The van der Waals surface area contributed by atoms with Gasteiger partial charge in [0.15, 0.2) is 5.78 Å². The third-order valence-electron chi connectivity index (χ3n) is 2.72. The van der Waals surface area contributed by atoms with Gasteiger partial charge in [-0.3, -0.25) is 4.79 Å². The fraction of sp³-hybridized carbons (Fsp3) is 0.417. The molecule has 3 heteroatoms. The van der Waals surface area contributed by atoms with Gasteiger partial charge in [-0.25, -0.2) is 0 Å². The highest BCUT2D eigenvalue weighted by Crippen LogP contribution is 2.21. The van der Waals surface area contributed by atoms with Gasteiger partial charge in [0.1, 0.15) is 0 Å². The molecular weight excluding hydrogens is 256 g/mol. The van der Waals surface area contributed by atoms with E-state index in [1.165, 1.54) is 0 Å². The third-order valence-corrected chi connectivity index (χ3v) is 3.25. The van der Waals surface area contributed by atoms with E-state index in [-0.39, 0.29) is 11.7 Å². The van der Waals surface area contributed by atoms with Crippen molar-refractivity contribution in [3.05, 3.63) is 34.3 Å². The van der Waals surface area contributed by atoms with E-state index in [0.29, 0.717) is 13.2 Å². The van der Waals surface area contributed by atoms with E-state index in [4.69, 9.17) is 4.74 Å². The fourth-order valence-electron chi connectivity index (χ4n) is 1.81. The van der Waals surface area contributed by atoms with Crippen molar-refractivity contribution < 1.29 is 9.53 Å². The number of carbonyl (C=O) groups excluding carboxylic acids is 1. The SMILES string of the molecule is O=C(c1ccc(Br)cc1)C1CCOCC1. The quantitative estimate of drug-likeness (QED) is 0.771. The molecule has 1 aliphatic heterocycles. The number of rotatable bonds is 2. The van der Waals surface area contributed by atoms with Crippen molar-refractivity contribution in [2.75, 3.05) is 13.2 Å². The summed E-state index contributed by atoms with van der Waals surface area (Å²) < 4.78 is 6.25.